The largest absolute Gasteiger partial charge is 0.494 e. The Morgan fingerprint density at radius 3 is 1.91 bits per heavy atom. The number of hydrogen-bond donors (Lipinski definition) is 0. The molecule has 0 aromatic heterocycles. The molecule has 248 valence electrons. The molecular weight excluding hydrogens is 592 g/mol. The molecule has 0 N–H and O–H groups in total. The Labute approximate surface area is 270 Å². The minimum absolute atomic E-state index is 0.0452. The van der Waals surface area contributed by atoms with Gasteiger partial charge in [-0.1, -0.05) is 19.6 Å². The standard InChI is InChI=1S/C36H44O10/c1-3-33(37)43-25-11-24-42-30-18-20-32(21-19-30)46-36(40)28-14-16-29(17-15-28)41-22-9-4-5-10-23-44-35(39)27(2)26-34(38)45-31-12-7-6-8-13-31/h3,14-21,31H,1-2,4-13,22-26H2. The van der Waals surface area contributed by atoms with Gasteiger partial charge in [-0.3, -0.25) is 4.79 Å². The summed E-state index contributed by atoms with van der Waals surface area (Å²) >= 11 is 0. The first-order valence-electron chi connectivity index (χ1n) is 15.9. The summed E-state index contributed by atoms with van der Waals surface area (Å²) in [6.07, 6.45) is 9.81. The van der Waals surface area contributed by atoms with Crippen LogP contribution in [0, 0.1) is 0 Å². The Hall–Kier alpha value is -4.60. The first-order valence-corrected chi connectivity index (χ1v) is 15.9. The van der Waals surface area contributed by atoms with Gasteiger partial charge in [-0.15, -0.1) is 0 Å². The number of carbonyl (C=O) groups is 4. The summed E-state index contributed by atoms with van der Waals surface area (Å²) < 4.78 is 32.3. The van der Waals surface area contributed by atoms with E-state index in [-0.39, 0.29) is 31.3 Å². The summed E-state index contributed by atoms with van der Waals surface area (Å²) in [7, 11) is 0. The van der Waals surface area contributed by atoms with Crippen LogP contribution in [0.4, 0.5) is 0 Å². The zero-order valence-electron chi connectivity index (χ0n) is 26.4. The molecule has 0 saturated heterocycles. The van der Waals surface area contributed by atoms with E-state index < -0.39 is 23.9 Å². The predicted octanol–water partition coefficient (Wildman–Crippen LogP) is 6.71. The first kappa shape index (κ1) is 35.9. The molecule has 1 saturated carbocycles. The number of ether oxygens (including phenoxy) is 6. The Morgan fingerprint density at radius 1 is 0.696 bits per heavy atom. The van der Waals surface area contributed by atoms with Crippen LogP contribution in [-0.2, 0) is 28.6 Å². The van der Waals surface area contributed by atoms with Crippen molar-refractivity contribution in [2.45, 2.75) is 76.7 Å². The third-order valence-electron chi connectivity index (χ3n) is 7.13. The van der Waals surface area contributed by atoms with E-state index in [0.29, 0.717) is 48.9 Å². The highest BCUT2D eigenvalue weighted by atomic mass is 16.6. The minimum Gasteiger partial charge on any atom is -0.494 e. The van der Waals surface area contributed by atoms with Crippen LogP contribution >= 0.6 is 0 Å². The quantitative estimate of drug-likeness (QED) is 0.0509. The highest BCUT2D eigenvalue weighted by molar-refractivity contribution is 5.93. The van der Waals surface area contributed by atoms with Crippen LogP contribution < -0.4 is 14.2 Å². The molecule has 0 spiro atoms. The number of benzene rings is 2. The number of carbonyl (C=O) groups excluding carboxylic acids is 4. The summed E-state index contributed by atoms with van der Waals surface area (Å²) in [4.78, 5) is 47.7. The van der Waals surface area contributed by atoms with Crippen molar-refractivity contribution in [1.82, 2.24) is 0 Å². The van der Waals surface area contributed by atoms with E-state index in [4.69, 9.17) is 28.4 Å². The van der Waals surface area contributed by atoms with Crippen LogP contribution in [0.3, 0.4) is 0 Å². The van der Waals surface area contributed by atoms with Gasteiger partial charge in [0.05, 0.1) is 38.4 Å². The molecule has 10 nitrogen and oxygen atoms in total. The van der Waals surface area contributed by atoms with Gasteiger partial charge in [0.25, 0.3) is 0 Å². The maximum Gasteiger partial charge on any atom is 0.343 e. The molecule has 1 aliphatic rings. The van der Waals surface area contributed by atoms with Crippen LogP contribution in [0.5, 0.6) is 17.2 Å². The molecule has 0 atom stereocenters. The van der Waals surface area contributed by atoms with Crippen molar-refractivity contribution in [3.05, 3.63) is 78.9 Å². The zero-order valence-corrected chi connectivity index (χ0v) is 26.4. The van der Waals surface area contributed by atoms with E-state index in [1.165, 1.54) is 6.42 Å². The third kappa shape index (κ3) is 14.0. The van der Waals surface area contributed by atoms with Gasteiger partial charge in [0, 0.05) is 18.1 Å². The molecule has 10 heteroatoms. The number of hydrogen-bond acceptors (Lipinski definition) is 10. The van der Waals surface area contributed by atoms with Crippen LogP contribution in [0.1, 0.15) is 81.0 Å². The molecular formula is C36H44O10. The lowest BCUT2D eigenvalue weighted by Crippen LogP contribution is -2.22. The molecule has 0 bridgehead atoms. The second-order valence-corrected chi connectivity index (χ2v) is 10.9. The Kier molecular flexibility index (Phi) is 15.9. The third-order valence-corrected chi connectivity index (χ3v) is 7.13. The fourth-order valence-corrected chi connectivity index (χ4v) is 4.61. The van der Waals surface area contributed by atoms with Crippen molar-refractivity contribution in [3.63, 3.8) is 0 Å². The van der Waals surface area contributed by atoms with Crippen LogP contribution in [-0.4, -0.2) is 56.4 Å². The highest BCUT2D eigenvalue weighted by Gasteiger charge is 2.20. The Morgan fingerprint density at radius 2 is 1.26 bits per heavy atom. The minimum atomic E-state index is -0.558. The molecule has 0 amide bonds. The van der Waals surface area contributed by atoms with Crippen LogP contribution in [0.2, 0.25) is 0 Å². The summed E-state index contributed by atoms with van der Waals surface area (Å²) in [6.45, 7) is 8.40. The number of unbranched alkanes of at least 4 members (excludes halogenated alkanes) is 3. The number of esters is 4. The van der Waals surface area contributed by atoms with E-state index in [9.17, 15) is 19.2 Å². The van der Waals surface area contributed by atoms with Crippen molar-refractivity contribution in [1.29, 1.82) is 0 Å². The van der Waals surface area contributed by atoms with Gasteiger partial charge < -0.3 is 28.4 Å². The van der Waals surface area contributed by atoms with E-state index >= 15 is 0 Å². The van der Waals surface area contributed by atoms with Crippen molar-refractivity contribution >= 4 is 23.9 Å². The second kappa shape index (κ2) is 20.4. The lowest BCUT2D eigenvalue weighted by Gasteiger charge is -2.21. The number of rotatable bonds is 20. The van der Waals surface area contributed by atoms with E-state index in [0.717, 1.165) is 51.0 Å². The zero-order chi connectivity index (χ0) is 33.0. The lowest BCUT2D eigenvalue weighted by atomic mass is 9.98. The van der Waals surface area contributed by atoms with Gasteiger partial charge in [0.1, 0.15) is 23.4 Å². The van der Waals surface area contributed by atoms with Crippen LogP contribution in [0.15, 0.2) is 73.3 Å². The molecule has 0 heterocycles. The van der Waals surface area contributed by atoms with Gasteiger partial charge >= 0.3 is 23.9 Å². The average Bonchev–Trinajstić information content (AvgIpc) is 3.06. The summed E-state index contributed by atoms with van der Waals surface area (Å²) in [5.41, 5.74) is 0.507. The molecule has 0 aliphatic heterocycles. The summed E-state index contributed by atoms with van der Waals surface area (Å²) in [5, 5.41) is 0. The van der Waals surface area contributed by atoms with Crippen LogP contribution in [0.25, 0.3) is 0 Å². The monoisotopic (exact) mass is 636 g/mol. The predicted molar refractivity (Wildman–Crippen MR) is 171 cm³/mol. The Bertz CT molecular complexity index is 1280. The highest BCUT2D eigenvalue weighted by Crippen LogP contribution is 2.22. The van der Waals surface area contributed by atoms with Gasteiger partial charge in [0.2, 0.25) is 0 Å². The average molecular weight is 637 g/mol. The fraction of sp³-hybridized carbons (Fsp3) is 0.444. The molecule has 0 unspecified atom stereocenters. The molecule has 2 aromatic rings. The smallest absolute Gasteiger partial charge is 0.343 e. The molecule has 46 heavy (non-hydrogen) atoms. The van der Waals surface area contributed by atoms with Gasteiger partial charge in [0.15, 0.2) is 0 Å². The van der Waals surface area contributed by atoms with E-state index in [1.807, 2.05) is 0 Å². The molecule has 0 radical (unpaired) electrons. The van der Waals surface area contributed by atoms with E-state index in [1.54, 1.807) is 48.5 Å². The summed E-state index contributed by atoms with van der Waals surface area (Å²) in [5.74, 6) is -0.308. The van der Waals surface area contributed by atoms with Crippen molar-refractivity contribution in [3.8, 4) is 17.2 Å². The second-order valence-electron chi connectivity index (χ2n) is 10.9. The summed E-state index contributed by atoms with van der Waals surface area (Å²) in [6, 6.07) is 13.4. The van der Waals surface area contributed by atoms with Crippen molar-refractivity contribution < 1.29 is 47.6 Å². The SMILES string of the molecule is C=CC(=O)OCCCOc1ccc(OC(=O)c2ccc(OCCCCCCOC(=O)C(=C)CC(=O)OC3CCCCC3)cc2)cc1. The van der Waals surface area contributed by atoms with Crippen molar-refractivity contribution in [2.24, 2.45) is 0 Å². The molecule has 1 aliphatic carbocycles. The van der Waals surface area contributed by atoms with Gasteiger partial charge in [-0.2, -0.15) is 0 Å². The maximum atomic E-state index is 12.5. The normalized spacial score (nSPS) is 12.8. The first-order chi connectivity index (χ1) is 22.3. The lowest BCUT2D eigenvalue weighted by molar-refractivity contribution is -0.151. The topological polar surface area (TPSA) is 124 Å². The van der Waals surface area contributed by atoms with Gasteiger partial charge in [-0.05, 0) is 99.9 Å². The molecule has 3 rings (SSSR count). The Balaban J connectivity index is 1.22. The molecule has 2 aromatic carbocycles. The molecule has 1 fully saturated rings. The fourth-order valence-electron chi connectivity index (χ4n) is 4.61. The van der Waals surface area contributed by atoms with E-state index in [2.05, 4.69) is 13.2 Å². The van der Waals surface area contributed by atoms with Gasteiger partial charge in [-0.25, -0.2) is 14.4 Å². The maximum absolute atomic E-state index is 12.5. The van der Waals surface area contributed by atoms with Crippen molar-refractivity contribution in [2.75, 3.05) is 26.4 Å².